The first-order chi connectivity index (χ1) is 12.5. The summed E-state index contributed by atoms with van der Waals surface area (Å²) in [6.45, 7) is -0.172. The van der Waals surface area contributed by atoms with Crippen molar-refractivity contribution in [1.29, 1.82) is 0 Å². The Kier molecular flexibility index (Phi) is 6.73. The molecule has 7 heteroatoms. The summed E-state index contributed by atoms with van der Waals surface area (Å²) in [7, 11) is 2.64. The lowest BCUT2D eigenvalue weighted by Gasteiger charge is -2.08. The van der Waals surface area contributed by atoms with Gasteiger partial charge in [-0.1, -0.05) is 12.1 Å². The van der Waals surface area contributed by atoms with E-state index in [1.165, 1.54) is 14.2 Å². The Morgan fingerprint density at radius 2 is 1.54 bits per heavy atom. The van der Waals surface area contributed by atoms with Gasteiger partial charge < -0.3 is 19.5 Å². The Hall–Kier alpha value is -3.35. The van der Waals surface area contributed by atoms with Gasteiger partial charge in [-0.3, -0.25) is 9.59 Å². The van der Waals surface area contributed by atoms with E-state index in [0.717, 1.165) is 5.56 Å². The van der Waals surface area contributed by atoms with Crippen molar-refractivity contribution in [3.8, 4) is 5.75 Å². The van der Waals surface area contributed by atoms with Gasteiger partial charge in [-0.05, 0) is 42.0 Å². The zero-order valence-corrected chi connectivity index (χ0v) is 14.5. The number of esters is 2. The van der Waals surface area contributed by atoms with E-state index in [-0.39, 0.29) is 24.9 Å². The molecule has 0 aliphatic heterocycles. The van der Waals surface area contributed by atoms with E-state index < -0.39 is 5.97 Å². The summed E-state index contributed by atoms with van der Waals surface area (Å²) in [5, 5.41) is 2.66. The van der Waals surface area contributed by atoms with Gasteiger partial charge in [0.2, 0.25) is 0 Å². The van der Waals surface area contributed by atoms with Crippen LogP contribution in [-0.2, 0) is 25.5 Å². The summed E-state index contributed by atoms with van der Waals surface area (Å²) >= 11 is 0. The Bertz CT molecular complexity index is 768. The molecular formula is C19H19NO6. The van der Waals surface area contributed by atoms with Gasteiger partial charge in [0.15, 0.2) is 6.61 Å². The third-order valence-electron chi connectivity index (χ3n) is 3.46. The van der Waals surface area contributed by atoms with E-state index in [2.05, 4.69) is 14.8 Å². The second-order valence-electron chi connectivity index (χ2n) is 5.30. The van der Waals surface area contributed by atoms with Crippen LogP contribution in [0.5, 0.6) is 5.75 Å². The number of hydrogen-bond donors (Lipinski definition) is 1. The van der Waals surface area contributed by atoms with E-state index in [0.29, 0.717) is 17.0 Å². The van der Waals surface area contributed by atoms with Crippen LogP contribution < -0.4 is 10.1 Å². The molecule has 0 bridgehead atoms. The minimum Gasteiger partial charge on any atom is -0.484 e. The molecule has 0 atom stereocenters. The maximum absolute atomic E-state index is 11.9. The average Bonchev–Trinajstić information content (AvgIpc) is 2.67. The Balaban J connectivity index is 1.83. The molecule has 0 radical (unpaired) electrons. The smallest absolute Gasteiger partial charge is 0.337 e. The average molecular weight is 357 g/mol. The van der Waals surface area contributed by atoms with Gasteiger partial charge in [-0.25, -0.2) is 4.79 Å². The molecule has 0 saturated carbocycles. The molecule has 0 saturated heterocycles. The maximum atomic E-state index is 11.9. The van der Waals surface area contributed by atoms with Crippen molar-refractivity contribution in [2.24, 2.45) is 0 Å². The highest BCUT2D eigenvalue weighted by molar-refractivity contribution is 5.93. The molecule has 0 aromatic heterocycles. The molecule has 2 rings (SSSR count). The first kappa shape index (κ1) is 19.0. The van der Waals surface area contributed by atoms with Crippen LogP contribution in [0, 0.1) is 0 Å². The Morgan fingerprint density at radius 3 is 2.12 bits per heavy atom. The molecule has 1 N–H and O–H groups in total. The van der Waals surface area contributed by atoms with Crippen LogP contribution in [0.15, 0.2) is 48.5 Å². The molecule has 0 spiro atoms. The van der Waals surface area contributed by atoms with Crippen molar-refractivity contribution in [2.45, 2.75) is 6.42 Å². The second-order valence-corrected chi connectivity index (χ2v) is 5.30. The first-order valence-electron chi connectivity index (χ1n) is 7.78. The lowest BCUT2D eigenvalue weighted by atomic mass is 10.1. The van der Waals surface area contributed by atoms with Gasteiger partial charge in [0, 0.05) is 5.69 Å². The zero-order chi connectivity index (χ0) is 18.9. The summed E-state index contributed by atoms with van der Waals surface area (Å²) in [5.74, 6) is -0.595. The van der Waals surface area contributed by atoms with Crippen LogP contribution >= 0.6 is 0 Å². The maximum Gasteiger partial charge on any atom is 0.337 e. The number of nitrogens with one attached hydrogen (secondary N) is 1. The third kappa shape index (κ3) is 5.62. The summed E-state index contributed by atoms with van der Waals surface area (Å²) in [4.78, 5) is 34.5. The number of amides is 1. The molecular weight excluding hydrogens is 338 g/mol. The minimum atomic E-state index is -0.443. The predicted octanol–water partition coefficient (Wildman–Crippen LogP) is 2.21. The molecule has 7 nitrogen and oxygen atoms in total. The SMILES string of the molecule is COC(=O)Cc1ccc(OCC(=O)Nc2ccc(C(=O)OC)cc2)cc1. The molecule has 26 heavy (non-hydrogen) atoms. The number of rotatable bonds is 7. The van der Waals surface area contributed by atoms with Crippen molar-refractivity contribution >= 4 is 23.5 Å². The quantitative estimate of drug-likeness (QED) is 0.764. The van der Waals surface area contributed by atoms with Gasteiger partial charge in [0.25, 0.3) is 5.91 Å². The first-order valence-corrected chi connectivity index (χ1v) is 7.78. The van der Waals surface area contributed by atoms with Gasteiger partial charge in [0.1, 0.15) is 5.75 Å². The second kappa shape index (κ2) is 9.22. The molecule has 0 fully saturated rings. The van der Waals surface area contributed by atoms with Crippen LogP contribution in [0.1, 0.15) is 15.9 Å². The summed E-state index contributed by atoms with van der Waals surface area (Å²) in [6.07, 6.45) is 0.179. The van der Waals surface area contributed by atoms with Crippen LogP contribution in [0.2, 0.25) is 0 Å². The number of anilines is 1. The molecule has 136 valence electrons. The standard InChI is InChI=1S/C19H19NO6/c1-24-18(22)11-13-3-9-16(10-4-13)26-12-17(21)20-15-7-5-14(6-8-15)19(23)25-2/h3-10H,11-12H2,1-2H3,(H,20,21). The number of benzene rings is 2. The predicted molar refractivity (Wildman–Crippen MR) is 94.1 cm³/mol. The van der Waals surface area contributed by atoms with Crippen molar-refractivity contribution in [1.82, 2.24) is 0 Å². The van der Waals surface area contributed by atoms with Crippen LogP contribution in [-0.4, -0.2) is 38.7 Å². The van der Waals surface area contributed by atoms with E-state index in [4.69, 9.17) is 4.74 Å². The van der Waals surface area contributed by atoms with Crippen molar-refractivity contribution in [3.05, 3.63) is 59.7 Å². The van der Waals surface area contributed by atoms with Crippen molar-refractivity contribution in [2.75, 3.05) is 26.1 Å². The van der Waals surface area contributed by atoms with E-state index >= 15 is 0 Å². The molecule has 0 unspecified atom stereocenters. The highest BCUT2D eigenvalue weighted by atomic mass is 16.5. The summed E-state index contributed by atoms with van der Waals surface area (Å²) < 4.78 is 14.6. The highest BCUT2D eigenvalue weighted by Gasteiger charge is 2.08. The Labute approximate surface area is 150 Å². The molecule has 0 aliphatic carbocycles. The normalized spacial score (nSPS) is 9.92. The number of methoxy groups -OCH3 is 2. The van der Waals surface area contributed by atoms with Gasteiger partial charge in [-0.15, -0.1) is 0 Å². The number of ether oxygens (including phenoxy) is 3. The topological polar surface area (TPSA) is 90.9 Å². The summed E-state index contributed by atoms with van der Waals surface area (Å²) in [5.41, 5.74) is 1.73. The van der Waals surface area contributed by atoms with Gasteiger partial charge in [0.05, 0.1) is 26.2 Å². The zero-order valence-electron chi connectivity index (χ0n) is 14.5. The Morgan fingerprint density at radius 1 is 0.885 bits per heavy atom. The van der Waals surface area contributed by atoms with E-state index in [9.17, 15) is 14.4 Å². The molecule has 2 aromatic carbocycles. The monoisotopic (exact) mass is 357 g/mol. The number of carbonyl (C=O) groups excluding carboxylic acids is 3. The van der Waals surface area contributed by atoms with Gasteiger partial charge in [-0.2, -0.15) is 0 Å². The lowest BCUT2D eigenvalue weighted by molar-refractivity contribution is -0.139. The third-order valence-corrected chi connectivity index (χ3v) is 3.46. The minimum absolute atomic E-state index is 0.172. The number of carbonyl (C=O) groups is 3. The fraction of sp³-hybridized carbons (Fsp3) is 0.211. The summed E-state index contributed by atoms with van der Waals surface area (Å²) in [6, 6.07) is 13.1. The van der Waals surface area contributed by atoms with Crippen molar-refractivity contribution in [3.63, 3.8) is 0 Å². The van der Waals surface area contributed by atoms with Crippen molar-refractivity contribution < 1.29 is 28.6 Å². The highest BCUT2D eigenvalue weighted by Crippen LogP contribution is 2.14. The van der Waals surface area contributed by atoms with Crippen LogP contribution in [0.4, 0.5) is 5.69 Å². The fourth-order valence-corrected chi connectivity index (χ4v) is 2.10. The molecule has 2 aromatic rings. The molecule has 0 aliphatic rings. The van der Waals surface area contributed by atoms with Crippen LogP contribution in [0.3, 0.4) is 0 Å². The molecule has 1 amide bonds. The largest absolute Gasteiger partial charge is 0.484 e. The van der Waals surface area contributed by atoms with Crippen LogP contribution in [0.25, 0.3) is 0 Å². The lowest BCUT2D eigenvalue weighted by Crippen LogP contribution is -2.20. The van der Waals surface area contributed by atoms with Gasteiger partial charge >= 0.3 is 11.9 Å². The molecule has 0 heterocycles. The van der Waals surface area contributed by atoms with E-state index in [1.807, 2.05) is 0 Å². The fourth-order valence-electron chi connectivity index (χ4n) is 2.10. The van der Waals surface area contributed by atoms with E-state index in [1.54, 1.807) is 48.5 Å². The number of hydrogen-bond acceptors (Lipinski definition) is 6.